The molecule has 1 unspecified atom stereocenters. The number of hydrogen-bond donors (Lipinski definition) is 2. The molecule has 1 aliphatic heterocycles. The average molecular weight is 272 g/mol. The predicted octanol–water partition coefficient (Wildman–Crippen LogP) is 3.54. The van der Waals surface area contributed by atoms with Crippen molar-refractivity contribution in [2.75, 3.05) is 5.32 Å². The first-order chi connectivity index (χ1) is 9.58. The molecule has 20 heavy (non-hydrogen) atoms. The summed E-state index contributed by atoms with van der Waals surface area (Å²) in [6.07, 6.45) is 7.81. The molecule has 1 aliphatic carbocycles. The molecule has 1 atom stereocenters. The lowest BCUT2D eigenvalue weighted by molar-refractivity contribution is -0.116. The SMILES string of the molecule is CC1(C(N)c2ccc3c(c2)CCC(=O)N3)CCCCC1. The predicted molar refractivity (Wildman–Crippen MR) is 81.5 cm³/mol. The highest BCUT2D eigenvalue weighted by Gasteiger charge is 2.34. The van der Waals surface area contributed by atoms with Crippen molar-refractivity contribution >= 4 is 11.6 Å². The molecule has 1 aromatic carbocycles. The fourth-order valence-electron chi connectivity index (χ4n) is 3.67. The standard InChI is InChI=1S/C17H24N2O/c1-17(9-3-2-4-10-17)16(18)13-5-7-14-12(11-13)6-8-15(20)19-14/h5,7,11,16H,2-4,6,8-10,18H2,1H3,(H,19,20). The summed E-state index contributed by atoms with van der Waals surface area (Å²) in [5.41, 5.74) is 10.2. The van der Waals surface area contributed by atoms with Crippen LogP contribution >= 0.6 is 0 Å². The molecule has 3 nitrogen and oxygen atoms in total. The van der Waals surface area contributed by atoms with Gasteiger partial charge in [-0.15, -0.1) is 0 Å². The van der Waals surface area contributed by atoms with Gasteiger partial charge in [-0.3, -0.25) is 4.79 Å². The van der Waals surface area contributed by atoms with Gasteiger partial charge < -0.3 is 11.1 Å². The lowest BCUT2D eigenvalue weighted by Crippen LogP contribution is -2.34. The molecule has 108 valence electrons. The minimum Gasteiger partial charge on any atom is -0.326 e. The first kappa shape index (κ1) is 13.6. The Hall–Kier alpha value is -1.35. The molecule has 1 aromatic rings. The van der Waals surface area contributed by atoms with Gasteiger partial charge >= 0.3 is 0 Å². The molecular weight excluding hydrogens is 248 g/mol. The largest absolute Gasteiger partial charge is 0.326 e. The van der Waals surface area contributed by atoms with Crippen LogP contribution in [0.5, 0.6) is 0 Å². The van der Waals surface area contributed by atoms with Gasteiger partial charge in [0.1, 0.15) is 0 Å². The van der Waals surface area contributed by atoms with E-state index < -0.39 is 0 Å². The highest BCUT2D eigenvalue weighted by atomic mass is 16.1. The molecule has 3 heteroatoms. The zero-order valence-electron chi connectivity index (χ0n) is 12.2. The zero-order chi connectivity index (χ0) is 14.2. The Kier molecular flexibility index (Phi) is 3.55. The topological polar surface area (TPSA) is 55.1 Å². The Morgan fingerprint density at radius 1 is 1.20 bits per heavy atom. The number of carbonyl (C=O) groups is 1. The van der Waals surface area contributed by atoms with E-state index >= 15 is 0 Å². The molecule has 1 amide bonds. The van der Waals surface area contributed by atoms with Gasteiger partial charge in [0, 0.05) is 18.2 Å². The molecule has 0 radical (unpaired) electrons. The van der Waals surface area contributed by atoms with Crippen LogP contribution < -0.4 is 11.1 Å². The molecule has 0 spiro atoms. The maximum Gasteiger partial charge on any atom is 0.224 e. The maximum atomic E-state index is 11.4. The smallest absolute Gasteiger partial charge is 0.224 e. The van der Waals surface area contributed by atoms with Crippen LogP contribution in [0.2, 0.25) is 0 Å². The molecule has 0 bridgehead atoms. The second kappa shape index (κ2) is 5.21. The fraction of sp³-hybridized carbons (Fsp3) is 0.588. The quantitative estimate of drug-likeness (QED) is 0.865. The van der Waals surface area contributed by atoms with E-state index in [1.54, 1.807) is 0 Å². The van der Waals surface area contributed by atoms with Crippen LogP contribution in [0.25, 0.3) is 0 Å². The van der Waals surface area contributed by atoms with Crippen molar-refractivity contribution in [1.29, 1.82) is 0 Å². The van der Waals surface area contributed by atoms with Gasteiger partial charge in [0.05, 0.1) is 0 Å². The summed E-state index contributed by atoms with van der Waals surface area (Å²) in [4.78, 5) is 11.4. The summed E-state index contributed by atoms with van der Waals surface area (Å²) in [6.45, 7) is 2.33. The summed E-state index contributed by atoms with van der Waals surface area (Å²) in [7, 11) is 0. The third kappa shape index (κ3) is 2.47. The van der Waals surface area contributed by atoms with Crippen LogP contribution in [0.1, 0.15) is 62.6 Å². The van der Waals surface area contributed by atoms with Crippen LogP contribution in [0, 0.1) is 5.41 Å². The number of amides is 1. The number of nitrogens with one attached hydrogen (secondary N) is 1. The van der Waals surface area contributed by atoms with Gasteiger partial charge in [0.2, 0.25) is 5.91 Å². The van der Waals surface area contributed by atoms with E-state index in [1.165, 1.54) is 43.2 Å². The van der Waals surface area contributed by atoms with E-state index in [2.05, 4.69) is 24.4 Å². The Labute approximate surface area is 120 Å². The van der Waals surface area contributed by atoms with Crippen molar-refractivity contribution in [3.8, 4) is 0 Å². The van der Waals surface area contributed by atoms with Crippen LogP contribution in [-0.2, 0) is 11.2 Å². The second-order valence-corrected chi connectivity index (χ2v) is 6.66. The highest BCUT2D eigenvalue weighted by molar-refractivity contribution is 5.93. The maximum absolute atomic E-state index is 11.4. The average Bonchev–Trinajstić information content (AvgIpc) is 2.46. The molecule has 3 rings (SSSR count). The summed E-state index contributed by atoms with van der Waals surface area (Å²) < 4.78 is 0. The first-order valence-electron chi connectivity index (χ1n) is 7.77. The molecule has 1 heterocycles. The number of benzene rings is 1. The lowest BCUT2D eigenvalue weighted by atomic mass is 9.69. The summed E-state index contributed by atoms with van der Waals surface area (Å²) in [6, 6.07) is 6.42. The van der Waals surface area contributed by atoms with Crippen molar-refractivity contribution in [3.05, 3.63) is 29.3 Å². The lowest BCUT2D eigenvalue weighted by Gasteiger charge is -2.39. The molecule has 1 fully saturated rings. The van der Waals surface area contributed by atoms with Crippen molar-refractivity contribution in [1.82, 2.24) is 0 Å². The Bertz CT molecular complexity index is 518. The van der Waals surface area contributed by atoms with Gasteiger partial charge in [-0.25, -0.2) is 0 Å². The third-order valence-electron chi connectivity index (χ3n) is 5.13. The second-order valence-electron chi connectivity index (χ2n) is 6.66. The highest BCUT2D eigenvalue weighted by Crippen LogP contribution is 2.44. The van der Waals surface area contributed by atoms with Crippen molar-refractivity contribution in [2.45, 2.75) is 57.9 Å². The molecule has 3 N–H and O–H groups in total. The minimum absolute atomic E-state index is 0.103. The minimum atomic E-state index is 0.103. The van der Waals surface area contributed by atoms with E-state index in [4.69, 9.17) is 5.73 Å². The number of carbonyl (C=O) groups excluding carboxylic acids is 1. The molecule has 2 aliphatic rings. The number of hydrogen-bond acceptors (Lipinski definition) is 2. The molecular formula is C17H24N2O. The Morgan fingerprint density at radius 3 is 2.70 bits per heavy atom. The van der Waals surface area contributed by atoms with Gasteiger partial charge in [-0.05, 0) is 41.9 Å². The number of aryl methyl sites for hydroxylation is 1. The summed E-state index contributed by atoms with van der Waals surface area (Å²) in [5.74, 6) is 0.119. The number of nitrogens with two attached hydrogens (primary N) is 1. The van der Waals surface area contributed by atoms with E-state index in [-0.39, 0.29) is 17.4 Å². The van der Waals surface area contributed by atoms with E-state index in [1.807, 2.05) is 6.07 Å². The van der Waals surface area contributed by atoms with Crippen molar-refractivity contribution < 1.29 is 4.79 Å². The zero-order valence-corrected chi connectivity index (χ0v) is 12.2. The van der Waals surface area contributed by atoms with E-state index in [0.717, 1.165) is 12.1 Å². The third-order valence-corrected chi connectivity index (χ3v) is 5.13. The normalized spacial score (nSPS) is 22.8. The first-order valence-corrected chi connectivity index (χ1v) is 7.77. The monoisotopic (exact) mass is 272 g/mol. The van der Waals surface area contributed by atoms with Crippen LogP contribution in [0.4, 0.5) is 5.69 Å². The number of rotatable bonds is 2. The van der Waals surface area contributed by atoms with E-state index in [9.17, 15) is 4.79 Å². The van der Waals surface area contributed by atoms with Crippen LogP contribution in [0.3, 0.4) is 0 Å². The summed E-state index contributed by atoms with van der Waals surface area (Å²) in [5, 5.41) is 2.94. The molecule has 1 saturated carbocycles. The number of anilines is 1. The molecule has 0 saturated heterocycles. The van der Waals surface area contributed by atoms with Gasteiger partial charge in [-0.2, -0.15) is 0 Å². The number of fused-ring (bicyclic) bond motifs is 1. The Morgan fingerprint density at radius 2 is 1.95 bits per heavy atom. The van der Waals surface area contributed by atoms with Crippen molar-refractivity contribution in [2.24, 2.45) is 11.1 Å². The van der Waals surface area contributed by atoms with Crippen LogP contribution in [0.15, 0.2) is 18.2 Å². The van der Waals surface area contributed by atoms with Crippen LogP contribution in [-0.4, -0.2) is 5.91 Å². The molecule has 0 aromatic heterocycles. The van der Waals surface area contributed by atoms with Gasteiger partial charge in [-0.1, -0.05) is 38.3 Å². The van der Waals surface area contributed by atoms with Gasteiger partial charge in [0.25, 0.3) is 0 Å². The van der Waals surface area contributed by atoms with Crippen molar-refractivity contribution in [3.63, 3.8) is 0 Å². The van der Waals surface area contributed by atoms with Gasteiger partial charge in [0.15, 0.2) is 0 Å². The fourth-order valence-corrected chi connectivity index (χ4v) is 3.67. The van der Waals surface area contributed by atoms with E-state index in [0.29, 0.717) is 6.42 Å². The summed E-state index contributed by atoms with van der Waals surface area (Å²) >= 11 is 0. The Balaban J connectivity index is 1.85.